The average molecular weight is 463 g/mol. The van der Waals surface area contributed by atoms with Crippen LogP contribution < -0.4 is 24.4 Å². The van der Waals surface area contributed by atoms with Crippen LogP contribution in [0.5, 0.6) is 17.2 Å². The van der Waals surface area contributed by atoms with Crippen molar-refractivity contribution in [2.75, 3.05) is 49.9 Å². The molecule has 3 aromatic rings. The van der Waals surface area contributed by atoms with Crippen LogP contribution in [0.1, 0.15) is 12.8 Å². The molecule has 1 spiro atoms. The number of fused-ring (bicyclic) bond motifs is 2. The molecule has 0 bridgehead atoms. The Morgan fingerprint density at radius 3 is 2.71 bits per heavy atom. The van der Waals surface area contributed by atoms with E-state index in [0.29, 0.717) is 36.1 Å². The monoisotopic (exact) mass is 463 g/mol. The van der Waals surface area contributed by atoms with Crippen molar-refractivity contribution < 1.29 is 28.5 Å². The van der Waals surface area contributed by atoms with Gasteiger partial charge < -0.3 is 33.9 Å². The van der Waals surface area contributed by atoms with Gasteiger partial charge in [-0.25, -0.2) is 4.98 Å². The molecule has 0 saturated carbocycles. The molecular weight excluding hydrogens is 438 g/mol. The lowest BCUT2D eigenvalue weighted by molar-refractivity contribution is -0.169. The van der Waals surface area contributed by atoms with E-state index in [1.807, 2.05) is 30.3 Å². The van der Waals surface area contributed by atoms with Crippen LogP contribution in [0.25, 0.3) is 10.9 Å². The fraction of sp³-hybridized carbons (Fsp3) is 0.360. The first-order valence-corrected chi connectivity index (χ1v) is 11.4. The van der Waals surface area contributed by atoms with Gasteiger partial charge in [0, 0.05) is 43.1 Å². The number of nitrogens with one attached hydrogen (secondary N) is 1. The number of carbonyl (C=O) groups is 1. The first-order chi connectivity index (χ1) is 16.7. The Kier molecular flexibility index (Phi) is 5.35. The number of para-hydroxylation sites is 1. The molecule has 0 unspecified atom stereocenters. The van der Waals surface area contributed by atoms with Gasteiger partial charge in [0.05, 0.1) is 13.2 Å². The molecule has 3 aliphatic rings. The minimum Gasteiger partial charge on any atom is -0.481 e. The molecule has 0 aliphatic carbocycles. The number of pyridine rings is 1. The van der Waals surface area contributed by atoms with Gasteiger partial charge in [0.25, 0.3) is 5.91 Å². The second-order valence-corrected chi connectivity index (χ2v) is 8.50. The predicted octanol–water partition coefficient (Wildman–Crippen LogP) is 3.32. The number of ether oxygens (including phenoxy) is 5. The van der Waals surface area contributed by atoms with Gasteiger partial charge in [0.15, 0.2) is 23.9 Å². The lowest BCUT2D eigenvalue weighted by Crippen LogP contribution is -2.45. The Balaban J connectivity index is 1.13. The molecule has 9 nitrogen and oxygen atoms in total. The Labute approximate surface area is 196 Å². The second-order valence-electron chi connectivity index (χ2n) is 8.50. The van der Waals surface area contributed by atoms with Crippen LogP contribution in [-0.2, 0) is 14.3 Å². The van der Waals surface area contributed by atoms with Crippen LogP contribution in [0.2, 0.25) is 0 Å². The lowest BCUT2D eigenvalue weighted by atomic mass is 10.0. The smallest absolute Gasteiger partial charge is 0.262 e. The molecule has 1 aromatic heterocycles. The van der Waals surface area contributed by atoms with E-state index in [0.717, 1.165) is 42.7 Å². The number of carbonyl (C=O) groups excluding carboxylic acids is 1. The topological polar surface area (TPSA) is 91.4 Å². The van der Waals surface area contributed by atoms with Gasteiger partial charge in [-0.3, -0.25) is 4.79 Å². The molecule has 2 saturated heterocycles. The molecule has 0 atom stereocenters. The maximum Gasteiger partial charge on any atom is 0.262 e. The molecule has 0 radical (unpaired) electrons. The van der Waals surface area contributed by atoms with Crippen molar-refractivity contribution in [2.24, 2.45) is 0 Å². The molecule has 1 amide bonds. The lowest BCUT2D eigenvalue weighted by Gasteiger charge is -2.38. The molecule has 34 heavy (non-hydrogen) atoms. The zero-order valence-electron chi connectivity index (χ0n) is 18.6. The standard InChI is InChI=1S/C25H25N3O6/c29-23(26-18-5-6-19-21(14-18)32-16-31-19)15-30-20-3-1-2-17-4-7-22(27-24(17)20)28-10-8-25(9-11-28)33-12-13-34-25/h1-7,14H,8-13,15-16H2,(H,26,29). The van der Waals surface area contributed by atoms with Crippen LogP contribution in [-0.4, -0.2) is 56.4 Å². The van der Waals surface area contributed by atoms with Gasteiger partial charge in [-0.1, -0.05) is 12.1 Å². The van der Waals surface area contributed by atoms with Crippen LogP contribution in [0.4, 0.5) is 11.5 Å². The molecule has 2 fully saturated rings. The third-order valence-electron chi connectivity index (χ3n) is 6.35. The van der Waals surface area contributed by atoms with Gasteiger partial charge in [0.1, 0.15) is 17.1 Å². The van der Waals surface area contributed by atoms with Gasteiger partial charge in [-0.05, 0) is 30.3 Å². The Hall–Kier alpha value is -3.56. The summed E-state index contributed by atoms with van der Waals surface area (Å²) in [4.78, 5) is 19.6. The van der Waals surface area contributed by atoms with E-state index < -0.39 is 5.79 Å². The first kappa shape index (κ1) is 21.0. The minimum absolute atomic E-state index is 0.139. The summed E-state index contributed by atoms with van der Waals surface area (Å²) in [5, 5.41) is 3.78. The van der Waals surface area contributed by atoms with Gasteiger partial charge in [-0.2, -0.15) is 0 Å². The van der Waals surface area contributed by atoms with E-state index in [2.05, 4.69) is 10.2 Å². The highest BCUT2D eigenvalue weighted by molar-refractivity contribution is 5.93. The summed E-state index contributed by atoms with van der Waals surface area (Å²) >= 11 is 0. The number of hydrogen-bond acceptors (Lipinski definition) is 8. The highest BCUT2D eigenvalue weighted by atomic mass is 16.7. The fourth-order valence-corrected chi connectivity index (χ4v) is 4.58. The third kappa shape index (κ3) is 4.08. The summed E-state index contributed by atoms with van der Waals surface area (Å²) in [7, 11) is 0. The normalized spacial score (nSPS) is 18.4. The predicted molar refractivity (Wildman–Crippen MR) is 125 cm³/mol. The van der Waals surface area contributed by atoms with Crippen molar-refractivity contribution in [1.82, 2.24) is 4.98 Å². The molecule has 6 rings (SSSR count). The van der Waals surface area contributed by atoms with Gasteiger partial charge >= 0.3 is 0 Å². The van der Waals surface area contributed by atoms with Crippen LogP contribution in [0.3, 0.4) is 0 Å². The summed E-state index contributed by atoms with van der Waals surface area (Å²) in [5.74, 6) is 2.02. The minimum atomic E-state index is -0.424. The number of piperidine rings is 1. The van der Waals surface area contributed by atoms with Crippen molar-refractivity contribution in [2.45, 2.75) is 18.6 Å². The zero-order chi connectivity index (χ0) is 23.0. The maximum atomic E-state index is 12.5. The largest absolute Gasteiger partial charge is 0.481 e. The summed E-state index contributed by atoms with van der Waals surface area (Å²) < 4.78 is 28.2. The van der Waals surface area contributed by atoms with E-state index in [1.165, 1.54) is 0 Å². The Bertz CT molecular complexity index is 1220. The highest BCUT2D eigenvalue weighted by Gasteiger charge is 2.40. The van der Waals surface area contributed by atoms with E-state index >= 15 is 0 Å². The van der Waals surface area contributed by atoms with E-state index in [-0.39, 0.29) is 19.3 Å². The fourth-order valence-electron chi connectivity index (χ4n) is 4.58. The maximum absolute atomic E-state index is 12.5. The van der Waals surface area contributed by atoms with Crippen LogP contribution >= 0.6 is 0 Å². The summed E-state index contributed by atoms with van der Waals surface area (Å²) in [5.41, 5.74) is 1.35. The third-order valence-corrected chi connectivity index (χ3v) is 6.35. The van der Waals surface area contributed by atoms with Crippen molar-refractivity contribution >= 4 is 28.3 Å². The summed E-state index contributed by atoms with van der Waals surface area (Å²) in [6, 6.07) is 15.0. The average Bonchev–Trinajstić information content (AvgIpc) is 3.52. The van der Waals surface area contributed by atoms with Gasteiger partial charge in [-0.15, -0.1) is 0 Å². The highest BCUT2D eigenvalue weighted by Crippen LogP contribution is 2.35. The number of aromatic nitrogens is 1. The van der Waals surface area contributed by atoms with E-state index in [1.54, 1.807) is 18.2 Å². The molecule has 9 heteroatoms. The van der Waals surface area contributed by atoms with Crippen molar-refractivity contribution in [3.63, 3.8) is 0 Å². The van der Waals surface area contributed by atoms with Gasteiger partial charge in [0.2, 0.25) is 6.79 Å². The summed E-state index contributed by atoms with van der Waals surface area (Å²) in [6.07, 6.45) is 1.62. The molecule has 2 aromatic carbocycles. The number of nitrogens with zero attached hydrogens (tertiary/aromatic N) is 2. The number of rotatable bonds is 5. The Morgan fingerprint density at radius 2 is 1.85 bits per heavy atom. The molecule has 1 N–H and O–H groups in total. The SMILES string of the molecule is O=C(COc1cccc2ccc(N3CCC4(CC3)OCCO4)nc12)Nc1ccc2c(c1)OCO2. The van der Waals surface area contributed by atoms with E-state index in [9.17, 15) is 4.79 Å². The number of hydrogen-bond donors (Lipinski definition) is 1. The number of benzene rings is 2. The van der Waals surface area contributed by atoms with Crippen molar-refractivity contribution in [3.8, 4) is 17.2 Å². The van der Waals surface area contributed by atoms with Crippen molar-refractivity contribution in [1.29, 1.82) is 0 Å². The number of anilines is 2. The molecule has 3 aliphatic heterocycles. The van der Waals surface area contributed by atoms with E-state index in [4.69, 9.17) is 28.7 Å². The second kappa shape index (κ2) is 8.66. The quantitative estimate of drug-likeness (QED) is 0.616. The zero-order valence-corrected chi connectivity index (χ0v) is 18.6. The van der Waals surface area contributed by atoms with Crippen molar-refractivity contribution in [3.05, 3.63) is 48.5 Å². The summed E-state index contributed by atoms with van der Waals surface area (Å²) in [6.45, 7) is 2.99. The first-order valence-electron chi connectivity index (χ1n) is 11.4. The van der Waals surface area contributed by atoms with Crippen LogP contribution in [0, 0.1) is 0 Å². The molecule has 176 valence electrons. The number of amides is 1. The van der Waals surface area contributed by atoms with Crippen LogP contribution in [0.15, 0.2) is 48.5 Å². The molecular formula is C25H25N3O6. The Morgan fingerprint density at radius 1 is 1.03 bits per heavy atom. The molecule has 4 heterocycles.